The lowest BCUT2D eigenvalue weighted by Crippen LogP contribution is -2.50. The largest absolute Gasteiger partial charge is 0.380 e. The van der Waals surface area contributed by atoms with E-state index in [0.717, 1.165) is 43.0 Å². The summed E-state index contributed by atoms with van der Waals surface area (Å²) in [7, 11) is 1.79. The lowest BCUT2D eigenvalue weighted by atomic mass is 9.89. The van der Waals surface area contributed by atoms with Crippen molar-refractivity contribution in [2.45, 2.75) is 27.3 Å². The first kappa shape index (κ1) is 17.6. The highest BCUT2D eigenvalue weighted by atomic mass is 127. The van der Waals surface area contributed by atoms with Crippen LogP contribution in [0.25, 0.3) is 0 Å². The lowest BCUT2D eigenvalue weighted by Gasteiger charge is -2.38. The summed E-state index contributed by atoms with van der Waals surface area (Å²) < 4.78 is 5.24. The first-order valence-corrected chi connectivity index (χ1v) is 7.29. The van der Waals surface area contributed by atoms with Gasteiger partial charge in [0.1, 0.15) is 0 Å². The molecule has 0 aromatic carbocycles. The van der Waals surface area contributed by atoms with Crippen molar-refractivity contribution in [3.05, 3.63) is 15.6 Å². The summed E-state index contributed by atoms with van der Waals surface area (Å²) in [6.45, 7) is 9.59. The number of hydrogen-bond donors (Lipinski definition) is 2. The first-order chi connectivity index (χ1) is 9.02. The third-order valence-corrected chi connectivity index (χ3v) is 4.30. The molecular weight excluding hydrogens is 387 g/mol. The Morgan fingerprint density at radius 3 is 2.55 bits per heavy atom. The summed E-state index contributed by atoms with van der Waals surface area (Å²) in [5, 5.41) is 7.79. The van der Waals surface area contributed by atoms with E-state index in [4.69, 9.17) is 4.74 Å². The summed E-state index contributed by atoms with van der Waals surface area (Å²) in [5.74, 6) is 0.832. The molecule has 20 heavy (non-hydrogen) atoms. The summed E-state index contributed by atoms with van der Waals surface area (Å²) in [6.07, 6.45) is 0. The van der Waals surface area contributed by atoms with Gasteiger partial charge >= 0.3 is 0 Å². The normalized spacial score (nSPS) is 17.1. The van der Waals surface area contributed by atoms with E-state index in [1.54, 1.807) is 18.4 Å². The molecule has 0 aliphatic carbocycles. The monoisotopic (exact) mass is 410 g/mol. The predicted molar refractivity (Wildman–Crippen MR) is 94.1 cm³/mol. The molecule has 114 valence electrons. The minimum absolute atomic E-state index is 0. The maximum Gasteiger partial charge on any atom is 0.191 e. The van der Waals surface area contributed by atoms with Gasteiger partial charge in [0, 0.05) is 23.9 Å². The number of thiazole rings is 1. The van der Waals surface area contributed by atoms with Gasteiger partial charge in [0.05, 0.1) is 30.5 Å². The second kappa shape index (κ2) is 7.56. The second-order valence-electron chi connectivity index (χ2n) is 5.32. The van der Waals surface area contributed by atoms with E-state index in [1.807, 2.05) is 13.8 Å². The van der Waals surface area contributed by atoms with Crippen LogP contribution < -0.4 is 10.6 Å². The van der Waals surface area contributed by atoms with Crippen LogP contribution in [0.1, 0.15) is 22.5 Å². The Bertz CT molecular complexity index is 471. The fourth-order valence-electron chi connectivity index (χ4n) is 1.97. The van der Waals surface area contributed by atoms with Crippen LogP contribution in [0.5, 0.6) is 0 Å². The SMILES string of the molecule is CN=C(NCc1sc(C)nc1C)NCC1(C)COC1.I. The topological polar surface area (TPSA) is 58.5 Å². The van der Waals surface area contributed by atoms with Crippen LogP contribution in [0.4, 0.5) is 0 Å². The number of nitrogens with zero attached hydrogens (tertiary/aromatic N) is 2. The van der Waals surface area contributed by atoms with Gasteiger partial charge in [-0.3, -0.25) is 4.99 Å². The smallest absolute Gasteiger partial charge is 0.191 e. The lowest BCUT2D eigenvalue weighted by molar-refractivity contribution is -0.0971. The zero-order valence-corrected chi connectivity index (χ0v) is 15.6. The number of guanidine groups is 1. The molecule has 2 rings (SSSR count). The summed E-state index contributed by atoms with van der Waals surface area (Å²) in [5.41, 5.74) is 1.35. The maximum absolute atomic E-state index is 5.24. The van der Waals surface area contributed by atoms with Crippen molar-refractivity contribution in [3.63, 3.8) is 0 Å². The van der Waals surface area contributed by atoms with E-state index >= 15 is 0 Å². The Balaban J connectivity index is 0.00000200. The van der Waals surface area contributed by atoms with Gasteiger partial charge < -0.3 is 15.4 Å². The molecule has 7 heteroatoms. The second-order valence-corrected chi connectivity index (χ2v) is 6.61. The zero-order valence-electron chi connectivity index (χ0n) is 12.4. The Kier molecular flexibility index (Phi) is 6.67. The summed E-state index contributed by atoms with van der Waals surface area (Å²) in [4.78, 5) is 9.93. The molecule has 0 atom stereocenters. The van der Waals surface area contributed by atoms with E-state index in [0.29, 0.717) is 0 Å². The molecule has 2 heterocycles. The summed E-state index contributed by atoms with van der Waals surface area (Å²) >= 11 is 1.73. The van der Waals surface area contributed by atoms with Crippen LogP contribution in [0.3, 0.4) is 0 Å². The Morgan fingerprint density at radius 1 is 1.40 bits per heavy atom. The molecule has 1 aliphatic rings. The molecule has 0 saturated carbocycles. The van der Waals surface area contributed by atoms with Gasteiger partial charge in [-0.1, -0.05) is 6.92 Å². The first-order valence-electron chi connectivity index (χ1n) is 6.47. The number of halogens is 1. The standard InChI is InChI=1S/C13H22N4OS.HI/c1-9-11(19-10(2)17-9)5-15-12(14-4)16-6-13(3)7-18-8-13;/h5-8H2,1-4H3,(H2,14,15,16);1H. The summed E-state index contributed by atoms with van der Waals surface area (Å²) in [6, 6.07) is 0. The third-order valence-electron chi connectivity index (χ3n) is 3.22. The van der Waals surface area contributed by atoms with Crippen molar-refractivity contribution in [3.8, 4) is 0 Å². The molecular formula is C13H23IN4OS. The van der Waals surface area contributed by atoms with E-state index < -0.39 is 0 Å². The fourth-order valence-corrected chi connectivity index (χ4v) is 2.85. The number of nitrogens with one attached hydrogen (secondary N) is 2. The zero-order chi connectivity index (χ0) is 13.9. The number of hydrogen-bond acceptors (Lipinski definition) is 4. The number of aryl methyl sites for hydroxylation is 2. The van der Waals surface area contributed by atoms with Gasteiger partial charge in [0.15, 0.2) is 5.96 Å². The molecule has 1 saturated heterocycles. The molecule has 0 unspecified atom stereocenters. The van der Waals surface area contributed by atoms with Crippen molar-refractivity contribution in [2.75, 3.05) is 26.8 Å². The van der Waals surface area contributed by atoms with Crippen molar-refractivity contribution < 1.29 is 4.74 Å². The van der Waals surface area contributed by atoms with Crippen LogP contribution in [0.2, 0.25) is 0 Å². The number of rotatable bonds is 4. The van der Waals surface area contributed by atoms with E-state index in [9.17, 15) is 0 Å². The van der Waals surface area contributed by atoms with Crippen LogP contribution in [-0.2, 0) is 11.3 Å². The average molecular weight is 410 g/mol. The molecule has 1 aliphatic heterocycles. The van der Waals surface area contributed by atoms with Gasteiger partial charge in [-0.15, -0.1) is 35.3 Å². The van der Waals surface area contributed by atoms with Crippen molar-refractivity contribution in [1.29, 1.82) is 0 Å². The molecule has 0 radical (unpaired) electrons. The molecule has 2 N–H and O–H groups in total. The third kappa shape index (κ3) is 4.56. The van der Waals surface area contributed by atoms with Crippen LogP contribution in [0.15, 0.2) is 4.99 Å². The minimum atomic E-state index is 0. The molecule has 5 nitrogen and oxygen atoms in total. The molecule has 1 fully saturated rings. The van der Waals surface area contributed by atoms with Gasteiger partial charge in [-0.05, 0) is 13.8 Å². The fraction of sp³-hybridized carbons (Fsp3) is 0.692. The highest BCUT2D eigenvalue weighted by molar-refractivity contribution is 14.0. The van der Waals surface area contributed by atoms with Crippen LogP contribution in [-0.4, -0.2) is 37.7 Å². The molecule has 0 bridgehead atoms. The van der Waals surface area contributed by atoms with Gasteiger partial charge in [-0.25, -0.2) is 4.98 Å². The van der Waals surface area contributed by atoms with Crippen molar-refractivity contribution in [1.82, 2.24) is 15.6 Å². The molecule has 1 aromatic rings. The van der Waals surface area contributed by atoms with Crippen LogP contribution in [0, 0.1) is 19.3 Å². The number of ether oxygens (including phenoxy) is 1. The average Bonchev–Trinajstić information content (AvgIpc) is 2.66. The molecule has 1 aromatic heterocycles. The number of aromatic nitrogens is 1. The maximum atomic E-state index is 5.24. The Hall–Kier alpha value is -0.410. The van der Waals surface area contributed by atoms with Crippen molar-refractivity contribution in [2.24, 2.45) is 10.4 Å². The molecule has 0 amide bonds. The quantitative estimate of drug-likeness (QED) is 0.454. The number of aliphatic imine (C=N–C) groups is 1. The van der Waals surface area contributed by atoms with Crippen molar-refractivity contribution >= 4 is 41.3 Å². The Morgan fingerprint density at radius 2 is 2.10 bits per heavy atom. The molecule has 0 spiro atoms. The minimum Gasteiger partial charge on any atom is -0.380 e. The van der Waals surface area contributed by atoms with Gasteiger partial charge in [-0.2, -0.15) is 0 Å². The Labute approximate surface area is 141 Å². The van der Waals surface area contributed by atoms with E-state index in [-0.39, 0.29) is 29.4 Å². The van der Waals surface area contributed by atoms with E-state index in [1.165, 1.54) is 4.88 Å². The predicted octanol–water partition coefficient (Wildman–Crippen LogP) is 2.08. The van der Waals surface area contributed by atoms with Gasteiger partial charge in [0.25, 0.3) is 0 Å². The van der Waals surface area contributed by atoms with Gasteiger partial charge in [0.2, 0.25) is 0 Å². The highest BCUT2D eigenvalue weighted by Gasteiger charge is 2.33. The van der Waals surface area contributed by atoms with E-state index in [2.05, 4.69) is 27.5 Å². The van der Waals surface area contributed by atoms with Crippen LogP contribution >= 0.6 is 35.3 Å². The highest BCUT2D eigenvalue weighted by Crippen LogP contribution is 2.25.